The van der Waals surface area contributed by atoms with Crippen LogP contribution >= 0.6 is 11.6 Å². The third kappa shape index (κ3) is 2.20. The lowest BCUT2D eigenvalue weighted by Crippen LogP contribution is -1.95. The highest BCUT2D eigenvalue weighted by Crippen LogP contribution is 2.29. The molecule has 0 radical (unpaired) electrons. The highest BCUT2D eigenvalue weighted by molar-refractivity contribution is 6.31. The number of nitrogens with zero attached hydrogens (tertiary/aromatic N) is 1. The van der Waals surface area contributed by atoms with Gasteiger partial charge >= 0.3 is 0 Å². The predicted octanol–water partition coefficient (Wildman–Crippen LogP) is 3.95. The van der Waals surface area contributed by atoms with Crippen molar-refractivity contribution in [3.8, 4) is 0 Å². The Bertz CT molecular complexity index is 538. The van der Waals surface area contributed by atoms with Gasteiger partial charge in [-0.05, 0) is 42.5 Å². The van der Waals surface area contributed by atoms with Gasteiger partial charge in [0.1, 0.15) is 0 Å². The van der Waals surface area contributed by atoms with Crippen LogP contribution in [0.3, 0.4) is 0 Å². The Balaban J connectivity index is 1.98. The number of pyridine rings is 1. The monoisotopic (exact) mass is 243 g/mol. The molecule has 0 fully saturated rings. The van der Waals surface area contributed by atoms with Crippen LogP contribution in [-0.2, 0) is 12.8 Å². The molecule has 1 aromatic rings. The van der Waals surface area contributed by atoms with E-state index in [-0.39, 0.29) is 0 Å². The predicted molar refractivity (Wildman–Crippen MR) is 71.0 cm³/mol. The molecule has 0 amide bonds. The molecule has 17 heavy (non-hydrogen) atoms. The zero-order valence-corrected chi connectivity index (χ0v) is 10.4. The summed E-state index contributed by atoms with van der Waals surface area (Å²) in [5.74, 6) is 0. The van der Waals surface area contributed by atoms with Crippen LogP contribution < -0.4 is 0 Å². The largest absolute Gasteiger partial charge is 0.261 e. The number of fused-ring (bicyclic) bond motifs is 1. The molecule has 0 spiro atoms. The van der Waals surface area contributed by atoms with Crippen LogP contribution in [-0.4, -0.2) is 4.98 Å². The maximum absolute atomic E-state index is 6.06. The Morgan fingerprint density at radius 3 is 3.06 bits per heavy atom. The van der Waals surface area contributed by atoms with Gasteiger partial charge in [0, 0.05) is 23.3 Å². The highest BCUT2D eigenvalue weighted by Gasteiger charge is 2.15. The Morgan fingerprint density at radius 1 is 1.18 bits per heavy atom. The van der Waals surface area contributed by atoms with E-state index in [1.165, 1.54) is 22.4 Å². The van der Waals surface area contributed by atoms with E-state index in [2.05, 4.69) is 23.2 Å². The molecule has 0 bridgehead atoms. The first kappa shape index (κ1) is 10.8. The minimum Gasteiger partial charge on any atom is -0.261 e. The van der Waals surface area contributed by atoms with Crippen molar-refractivity contribution in [2.24, 2.45) is 0 Å². The van der Waals surface area contributed by atoms with Gasteiger partial charge in [-0.2, -0.15) is 0 Å². The average molecular weight is 244 g/mol. The number of halogens is 1. The molecule has 3 rings (SSSR count). The number of hydrogen-bond acceptors (Lipinski definition) is 1. The average Bonchev–Trinajstić information content (AvgIpc) is 2.62. The summed E-state index contributed by atoms with van der Waals surface area (Å²) in [6.07, 6.45) is 12.3. The molecular formula is C15H14ClN. The van der Waals surface area contributed by atoms with Crippen molar-refractivity contribution in [2.45, 2.75) is 25.7 Å². The first-order valence-corrected chi connectivity index (χ1v) is 6.38. The molecule has 0 saturated heterocycles. The van der Waals surface area contributed by atoms with Crippen LogP contribution in [0.5, 0.6) is 0 Å². The summed E-state index contributed by atoms with van der Waals surface area (Å²) in [5, 5.41) is 0.847. The summed E-state index contributed by atoms with van der Waals surface area (Å²) in [6.45, 7) is 0. The highest BCUT2D eigenvalue weighted by atomic mass is 35.5. The minimum absolute atomic E-state index is 0.847. The lowest BCUT2D eigenvalue weighted by atomic mass is 10.0. The molecule has 0 atom stereocenters. The van der Waals surface area contributed by atoms with Crippen molar-refractivity contribution < 1.29 is 0 Å². The minimum atomic E-state index is 0.847. The van der Waals surface area contributed by atoms with E-state index >= 15 is 0 Å². The first-order valence-electron chi connectivity index (χ1n) is 6.00. The maximum atomic E-state index is 6.06. The Morgan fingerprint density at radius 2 is 2.12 bits per heavy atom. The number of rotatable bonds is 0. The number of hydrogen-bond donors (Lipinski definition) is 0. The van der Waals surface area contributed by atoms with Gasteiger partial charge in [0.15, 0.2) is 0 Å². The third-order valence-corrected chi connectivity index (χ3v) is 3.76. The van der Waals surface area contributed by atoms with Gasteiger partial charge in [-0.25, -0.2) is 0 Å². The smallest absolute Gasteiger partial charge is 0.0479 e. The van der Waals surface area contributed by atoms with Crippen molar-refractivity contribution in [3.63, 3.8) is 0 Å². The SMILES string of the molecule is ClC1=CCC2=C(C=C1)Cc1ncccc1CC2. The van der Waals surface area contributed by atoms with Crippen LogP contribution in [0, 0.1) is 0 Å². The number of aromatic nitrogens is 1. The summed E-state index contributed by atoms with van der Waals surface area (Å²) < 4.78 is 0. The van der Waals surface area contributed by atoms with Crippen molar-refractivity contribution in [2.75, 3.05) is 0 Å². The molecule has 0 aromatic carbocycles. The lowest BCUT2D eigenvalue weighted by molar-refractivity contribution is 0.907. The summed E-state index contributed by atoms with van der Waals surface area (Å²) >= 11 is 6.06. The zero-order valence-electron chi connectivity index (χ0n) is 9.62. The van der Waals surface area contributed by atoms with Crippen LogP contribution in [0.4, 0.5) is 0 Å². The van der Waals surface area contributed by atoms with Crippen LogP contribution in [0.2, 0.25) is 0 Å². The second-order valence-electron chi connectivity index (χ2n) is 4.54. The van der Waals surface area contributed by atoms with Crippen molar-refractivity contribution in [1.29, 1.82) is 0 Å². The molecular weight excluding hydrogens is 230 g/mol. The Labute approximate surface area is 107 Å². The van der Waals surface area contributed by atoms with Crippen LogP contribution in [0.25, 0.3) is 0 Å². The van der Waals surface area contributed by atoms with Gasteiger partial charge in [0.2, 0.25) is 0 Å². The number of allylic oxidation sites excluding steroid dienone is 6. The molecule has 86 valence electrons. The van der Waals surface area contributed by atoms with Gasteiger partial charge in [0.05, 0.1) is 0 Å². The topological polar surface area (TPSA) is 12.9 Å². The molecule has 1 nitrogen and oxygen atoms in total. The fraction of sp³-hybridized carbons (Fsp3) is 0.267. The fourth-order valence-corrected chi connectivity index (χ4v) is 2.63. The second-order valence-corrected chi connectivity index (χ2v) is 4.98. The van der Waals surface area contributed by atoms with Crippen LogP contribution in [0.15, 0.2) is 52.7 Å². The van der Waals surface area contributed by atoms with Crippen molar-refractivity contribution >= 4 is 11.6 Å². The molecule has 1 aromatic heterocycles. The summed E-state index contributed by atoms with van der Waals surface area (Å²) in [4.78, 5) is 4.50. The van der Waals surface area contributed by atoms with Crippen molar-refractivity contribution in [1.82, 2.24) is 4.98 Å². The Kier molecular flexibility index (Phi) is 2.86. The van der Waals surface area contributed by atoms with E-state index in [1.807, 2.05) is 18.3 Å². The standard InChI is InChI=1S/C15H14ClN/c16-14-7-5-11-3-4-12-2-1-9-17-15(12)10-13(11)6-8-14/h1-2,6-9H,3-5,10H2. The van der Waals surface area contributed by atoms with E-state index in [1.54, 1.807) is 0 Å². The van der Waals surface area contributed by atoms with E-state index < -0.39 is 0 Å². The molecule has 0 aliphatic heterocycles. The first-order chi connectivity index (χ1) is 8.33. The van der Waals surface area contributed by atoms with E-state index in [0.29, 0.717) is 0 Å². The quantitative estimate of drug-likeness (QED) is 0.672. The fourth-order valence-electron chi connectivity index (χ4n) is 2.49. The van der Waals surface area contributed by atoms with E-state index in [9.17, 15) is 0 Å². The molecule has 2 aliphatic rings. The second kappa shape index (κ2) is 4.50. The van der Waals surface area contributed by atoms with Gasteiger partial charge in [-0.3, -0.25) is 4.98 Å². The summed E-state index contributed by atoms with van der Waals surface area (Å²) in [5.41, 5.74) is 5.52. The normalized spacial score (nSPS) is 19.0. The zero-order chi connectivity index (χ0) is 11.7. The third-order valence-electron chi connectivity index (χ3n) is 3.48. The summed E-state index contributed by atoms with van der Waals surface area (Å²) in [6, 6.07) is 4.23. The number of aryl methyl sites for hydroxylation is 1. The lowest BCUT2D eigenvalue weighted by Gasteiger charge is -2.05. The van der Waals surface area contributed by atoms with Gasteiger partial charge in [-0.15, -0.1) is 0 Å². The van der Waals surface area contributed by atoms with Gasteiger partial charge in [0.25, 0.3) is 0 Å². The molecule has 0 saturated carbocycles. The summed E-state index contributed by atoms with van der Waals surface area (Å²) in [7, 11) is 0. The molecule has 2 aliphatic carbocycles. The van der Waals surface area contributed by atoms with E-state index in [0.717, 1.165) is 30.7 Å². The molecule has 2 heteroatoms. The van der Waals surface area contributed by atoms with Gasteiger partial charge < -0.3 is 0 Å². The molecule has 0 N–H and O–H groups in total. The molecule has 1 heterocycles. The van der Waals surface area contributed by atoms with Gasteiger partial charge in [-0.1, -0.05) is 35.4 Å². The van der Waals surface area contributed by atoms with Crippen molar-refractivity contribution in [3.05, 3.63) is 64.0 Å². The van der Waals surface area contributed by atoms with E-state index in [4.69, 9.17) is 11.6 Å². The molecule has 0 unspecified atom stereocenters. The van der Waals surface area contributed by atoms with Crippen LogP contribution in [0.1, 0.15) is 24.1 Å². The Hall–Kier alpha value is -1.34. The maximum Gasteiger partial charge on any atom is 0.0479 e.